The Hall–Kier alpha value is -2.37. The molecular weight excluding hydrogens is 308 g/mol. The fourth-order valence-electron chi connectivity index (χ4n) is 2.35. The van der Waals surface area contributed by atoms with Gasteiger partial charge in [0.1, 0.15) is 5.75 Å². The molecule has 1 aliphatic rings. The molecule has 1 heterocycles. The average molecular weight is 332 g/mol. The Morgan fingerprint density at radius 3 is 2.42 bits per heavy atom. The number of ether oxygens (including phenoxy) is 1. The third-order valence-electron chi connectivity index (χ3n) is 3.90. The predicted molar refractivity (Wildman–Crippen MR) is 91.2 cm³/mol. The van der Waals surface area contributed by atoms with Crippen molar-refractivity contribution in [2.24, 2.45) is 5.16 Å². The Kier molecular flexibility index (Phi) is 6.78. The van der Waals surface area contributed by atoms with Crippen molar-refractivity contribution in [1.29, 1.82) is 0 Å². The van der Waals surface area contributed by atoms with Crippen molar-refractivity contribution in [3.05, 3.63) is 29.8 Å². The molecule has 1 saturated heterocycles. The molecule has 0 atom stereocenters. The second-order valence-electron chi connectivity index (χ2n) is 5.77. The maximum Gasteiger partial charge on any atom is 0.365 e. The first-order valence-electron chi connectivity index (χ1n) is 8.35. The molecule has 1 aromatic rings. The molecule has 0 aromatic heterocycles. The number of unbranched alkanes of at least 4 members (excludes halogenated alkanes) is 1. The maximum atomic E-state index is 12.0. The van der Waals surface area contributed by atoms with E-state index in [2.05, 4.69) is 12.1 Å². The summed E-state index contributed by atoms with van der Waals surface area (Å²) < 4.78 is 5.55. The highest BCUT2D eigenvalue weighted by Crippen LogP contribution is 2.14. The van der Waals surface area contributed by atoms with Crippen molar-refractivity contribution in [3.63, 3.8) is 0 Å². The van der Waals surface area contributed by atoms with E-state index in [1.54, 1.807) is 36.1 Å². The average Bonchev–Trinajstić information content (AvgIpc) is 2.61. The second kappa shape index (κ2) is 9.05. The second-order valence-corrected chi connectivity index (χ2v) is 5.77. The van der Waals surface area contributed by atoms with Crippen molar-refractivity contribution in [2.45, 2.75) is 39.5 Å². The van der Waals surface area contributed by atoms with Crippen LogP contribution in [-0.4, -0.2) is 42.2 Å². The normalized spacial score (nSPS) is 14.2. The number of rotatable bonds is 6. The van der Waals surface area contributed by atoms with E-state index < -0.39 is 5.97 Å². The van der Waals surface area contributed by atoms with E-state index in [1.807, 2.05) is 0 Å². The number of amides is 1. The summed E-state index contributed by atoms with van der Waals surface area (Å²) in [5.74, 6) is 0.312. The van der Waals surface area contributed by atoms with Crippen LogP contribution in [0.1, 0.15) is 49.9 Å². The number of likely N-dealkylation sites (tertiary alicyclic amines) is 1. The van der Waals surface area contributed by atoms with Crippen LogP contribution in [0.15, 0.2) is 29.4 Å². The van der Waals surface area contributed by atoms with E-state index in [0.717, 1.165) is 24.3 Å². The van der Waals surface area contributed by atoms with Crippen molar-refractivity contribution in [1.82, 2.24) is 4.90 Å². The van der Waals surface area contributed by atoms with Gasteiger partial charge in [0.2, 0.25) is 5.91 Å². The van der Waals surface area contributed by atoms with Gasteiger partial charge in [0.15, 0.2) is 0 Å². The lowest BCUT2D eigenvalue weighted by Gasteiger charge is -2.25. The van der Waals surface area contributed by atoms with Gasteiger partial charge >= 0.3 is 5.97 Å². The largest absolute Gasteiger partial charge is 0.494 e. The van der Waals surface area contributed by atoms with Gasteiger partial charge in [0.05, 0.1) is 17.9 Å². The van der Waals surface area contributed by atoms with Crippen LogP contribution in [0.25, 0.3) is 0 Å². The summed E-state index contributed by atoms with van der Waals surface area (Å²) in [6, 6.07) is 6.85. The summed E-state index contributed by atoms with van der Waals surface area (Å²) in [4.78, 5) is 30.0. The third kappa shape index (κ3) is 5.37. The Bertz CT molecular complexity index is 586. The van der Waals surface area contributed by atoms with E-state index in [-0.39, 0.29) is 5.91 Å². The van der Waals surface area contributed by atoms with Crippen LogP contribution < -0.4 is 4.74 Å². The minimum Gasteiger partial charge on any atom is -0.494 e. The molecule has 130 valence electrons. The first kappa shape index (κ1) is 18.0. The fourth-order valence-corrected chi connectivity index (χ4v) is 2.35. The van der Waals surface area contributed by atoms with Crippen LogP contribution in [0.5, 0.6) is 5.75 Å². The molecule has 0 N–H and O–H groups in total. The molecule has 2 rings (SSSR count). The van der Waals surface area contributed by atoms with E-state index in [4.69, 9.17) is 9.57 Å². The molecule has 1 fully saturated rings. The van der Waals surface area contributed by atoms with Gasteiger partial charge in [-0.15, -0.1) is 0 Å². The predicted octanol–water partition coefficient (Wildman–Crippen LogP) is 3.02. The zero-order valence-electron chi connectivity index (χ0n) is 14.3. The number of nitrogens with zero attached hydrogens (tertiary/aromatic N) is 2. The van der Waals surface area contributed by atoms with Gasteiger partial charge in [-0.2, -0.15) is 0 Å². The van der Waals surface area contributed by atoms with Crippen LogP contribution in [0.3, 0.4) is 0 Å². The number of oxime groups is 1. The van der Waals surface area contributed by atoms with E-state index in [9.17, 15) is 9.59 Å². The first-order chi connectivity index (χ1) is 11.6. The van der Waals surface area contributed by atoms with Crippen molar-refractivity contribution in [2.75, 3.05) is 19.7 Å². The van der Waals surface area contributed by atoms with Gasteiger partial charge < -0.3 is 14.5 Å². The quantitative estimate of drug-likeness (QED) is 0.456. The standard InChI is InChI=1S/C18H24N2O4/c1-3-4-13-23-17-7-5-15(6-8-17)18(22)24-19-16-9-11-20(12-10-16)14(2)21/h5-8H,3-4,9-13H2,1-2H3. The highest BCUT2D eigenvalue weighted by molar-refractivity contribution is 5.91. The summed E-state index contributed by atoms with van der Waals surface area (Å²) in [5.41, 5.74) is 1.24. The molecule has 6 nitrogen and oxygen atoms in total. The summed E-state index contributed by atoms with van der Waals surface area (Å²) in [6.07, 6.45) is 3.35. The van der Waals surface area contributed by atoms with Crippen molar-refractivity contribution in [3.8, 4) is 5.75 Å². The molecule has 6 heteroatoms. The van der Waals surface area contributed by atoms with Crippen LogP contribution in [-0.2, 0) is 9.63 Å². The first-order valence-corrected chi connectivity index (χ1v) is 8.35. The SMILES string of the molecule is CCCCOc1ccc(C(=O)ON=C2CCN(C(C)=O)CC2)cc1. The third-order valence-corrected chi connectivity index (χ3v) is 3.90. The Labute approximate surface area is 142 Å². The zero-order valence-corrected chi connectivity index (χ0v) is 14.3. The van der Waals surface area contributed by atoms with E-state index >= 15 is 0 Å². The summed E-state index contributed by atoms with van der Waals surface area (Å²) >= 11 is 0. The Morgan fingerprint density at radius 2 is 1.83 bits per heavy atom. The smallest absolute Gasteiger partial charge is 0.365 e. The lowest BCUT2D eigenvalue weighted by molar-refractivity contribution is -0.128. The minimum atomic E-state index is -0.489. The number of piperidine rings is 1. The highest BCUT2D eigenvalue weighted by atomic mass is 16.7. The van der Waals surface area contributed by atoms with Crippen LogP contribution in [0.2, 0.25) is 0 Å². The number of benzene rings is 1. The number of carbonyl (C=O) groups excluding carboxylic acids is 2. The Morgan fingerprint density at radius 1 is 1.17 bits per heavy atom. The van der Waals surface area contributed by atoms with Crippen molar-refractivity contribution >= 4 is 17.6 Å². The van der Waals surface area contributed by atoms with E-state index in [1.165, 1.54) is 0 Å². The molecule has 0 saturated carbocycles. The van der Waals surface area contributed by atoms with Gasteiger partial charge in [-0.05, 0) is 30.7 Å². The highest BCUT2D eigenvalue weighted by Gasteiger charge is 2.18. The van der Waals surface area contributed by atoms with Gasteiger partial charge in [-0.1, -0.05) is 18.5 Å². The van der Waals surface area contributed by atoms with Gasteiger partial charge in [0.25, 0.3) is 0 Å². The molecular formula is C18H24N2O4. The monoisotopic (exact) mass is 332 g/mol. The van der Waals surface area contributed by atoms with Crippen LogP contribution in [0, 0.1) is 0 Å². The molecule has 0 unspecified atom stereocenters. The number of carbonyl (C=O) groups is 2. The molecule has 0 spiro atoms. The maximum absolute atomic E-state index is 12.0. The Balaban J connectivity index is 1.82. The summed E-state index contributed by atoms with van der Waals surface area (Å²) in [7, 11) is 0. The lowest BCUT2D eigenvalue weighted by Crippen LogP contribution is -2.37. The van der Waals surface area contributed by atoms with Crippen LogP contribution in [0.4, 0.5) is 0 Å². The fraction of sp³-hybridized carbons (Fsp3) is 0.500. The number of hydrogen-bond acceptors (Lipinski definition) is 5. The minimum absolute atomic E-state index is 0.0623. The van der Waals surface area contributed by atoms with Crippen molar-refractivity contribution < 1.29 is 19.2 Å². The molecule has 0 bridgehead atoms. The van der Waals surface area contributed by atoms with Gasteiger partial charge in [0, 0.05) is 32.9 Å². The van der Waals surface area contributed by atoms with E-state index in [0.29, 0.717) is 38.1 Å². The molecule has 0 radical (unpaired) electrons. The molecule has 0 aliphatic carbocycles. The summed E-state index contributed by atoms with van der Waals surface area (Å²) in [5, 5.41) is 3.93. The van der Waals surface area contributed by atoms with Gasteiger partial charge in [-0.25, -0.2) is 4.79 Å². The molecule has 1 aromatic carbocycles. The molecule has 1 amide bonds. The molecule has 24 heavy (non-hydrogen) atoms. The van der Waals surface area contributed by atoms with Crippen LogP contribution >= 0.6 is 0 Å². The van der Waals surface area contributed by atoms with Gasteiger partial charge in [-0.3, -0.25) is 4.79 Å². The molecule has 1 aliphatic heterocycles. The number of hydrogen-bond donors (Lipinski definition) is 0. The topological polar surface area (TPSA) is 68.2 Å². The summed E-state index contributed by atoms with van der Waals surface area (Å²) in [6.45, 7) is 5.57. The zero-order chi connectivity index (χ0) is 17.4. The lowest BCUT2D eigenvalue weighted by atomic mass is 10.1.